The minimum Gasteiger partial charge on any atom is -0.384 e. The van der Waals surface area contributed by atoms with Crippen LogP contribution < -0.4 is 10.6 Å². The zero-order chi connectivity index (χ0) is 21.8. The van der Waals surface area contributed by atoms with Crippen molar-refractivity contribution in [2.24, 2.45) is 5.73 Å². The summed E-state index contributed by atoms with van der Waals surface area (Å²) in [6.07, 6.45) is 2.54. The Bertz CT molecular complexity index is 1180. The first-order valence-electron chi connectivity index (χ1n) is 10.2. The van der Waals surface area contributed by atoms with E-state index < -0.39 is 0 Å². The topological polar surface area (TPSA) is 70.9 Å². The van der Waals surface area contributed by atoms with Crippen molar-refractivity contribution in [3.05, 3.63) is 108 Å². The molecule has 0 atom stereocenters. The van der Waals surface area contributed by atoms with Crippen LogP contribution in [0.5, 0.6) is 0 Å². The van der Waals surface area contributed by atoms with E-state index in [4.69, 9.17) is 16.2 Å². The van der Waals surface area contributed by atoms with Gasteiger partial charge < -0.3 is 10.6 Å². The Kier molecular flexibility index (Phi) is 5.80. The van der Waals surface area contributed by atoms with Crippen molar-refractivity contribution in [1.29, 1.82) is 5.41 Å². The van der Waals surface area contributed by atoms with E-state index in [0.29, 0.717) is 24.1 Å². The minimum atomic E-state index is -0.202. The molecule has 6 heteroatoms. The number of hydrogen-bond acceptors (Lipinski definition) is 3. The number of nitrogen functional groups attached to an aromatic ring is 1. The molecule has 0 spiro atoms. The van der Waals surface area contributed by atoms with Crippen molar-refractivity contribution in [3.8, 4) is 5.69 Å². The molecule has 0 aliphatic carbocycles. The van der Waals surface area contributed by atoms with E-state index in [9.17, 15) is 4.39 Å². The third kappa shape index (κ3) is 4.48. The van der Waals surface area contributed by atoms with Gasteiger partial charge >= 0.3 is 0 Å². The predicted octanol–water partition coefficient (Wildman–Crippen LogP) is 5.20. The quantitative estimate of drug-likeness (QED) is 0.323. The second-order valence-electron chi connectivity index (χ2n) is 7.26. The number of halogens is 1. The summed E-state index contributed by atoms with van der Waals surface area (Å²) in [6, 6.07) is 24.5. The second kappa shape index (κ2) is 8.83. The van der Waals surface area contributed by atoms with E-state index in [-0.39, 0.29) is 11.7 Å². The summed E-state index contributed by atoms with van der Waals surface area (Å²) in [6.45, 7) is 2.45. The van der Waals surface area contributed by atoms with Gasteiger partial charge in [-0.25, -0.2) is 9.07 Å². The number of amidine groups is 1. The van der Waals surface area contributed by atoms with E-state index >= 15 is 0 Å². The van der Waals surface area contributed by atoms with Crippen molar-refractivity contribution in [3.63, 3.8) is 0 Å². The van der Waals surface area contributed by atoms with Gasteiger partial charge in [-0.2, -0.15) is 5.10 Å². The Labute approximate surface area is 181 Å². The maximum atomic E-state index is 14.1. The Hall–Kier alpha value is -3.93. The minimum absolute atomic E-state index is 0.0229. The number of anilines is 2. The van der Waals surface area contributed by atoms with Crippen molar-refractivity contribution in [2.45, 2.75) is 19.9 Å². The molecule has 0 amide bonds. The Morgan fingerprint density at radius 2 is 1.71 bits per heavy atom. The van der Waals surface area contributed by atoms with Gasteiger partial charge in [-0.05, 0) is 72.6 Å². The van der Waals surface area contributed by atoms with Crippen LogP contribution in [0.2, 0.25) is 0 Å². The maximum absolute atomic E-state index is 14.1. The van der Waals surface area contributed by atoms with Gasteiger partial charge in [0.05, 0.1) is 17.9 Å². The highest BCUT2D eigenvalue weighted by Crippen LogP contribution is 2.29. The highest BCUT2D eigenvalue weighted by atomic mass is 19.1. The lowest BCUT2D eigenvalue weighted by molar-refractivity contribution is 0.612. The number of aryl methyl sites for hydroxylation is 1. The molecule has 4 rings (SSSR count). The zero-order valence-corrected chi connectivity index (χ0v) is 17.3. The number of nitrogens with zero attached hydrogens (tertiary/aromatic N) is 3. The lowest BCUT2D eigenvalue weighted by Crippen LogP contribution is -2.18. The standard InChI is InChI=1S/C25H24FN5/c1-2-18-16-23(12-13-24(18)26)30(21-10-8-19(9-11-21)25(27)28)17-20-14-15-31(29-20)22-6-4-3-5-7-22/h3-16H,2,17H2,1H3,(H3,27,28). The summed E-state index contributed by atoms with van der Waals surface area (Å²) in [5.41, 5.74) is 10.6. The summed E-state index contributed by atoms with van der Waals surface area (Å²) in [4.78, 5) is 2.08. The number of rotatable bonds is 7. The monoisotopic (exact) mass is 413 g/mol. The number of nitrogens with one attached hydrogen (secondary N) is 1. The fourth-order valence-corrected chi connectivity index (χ4v) is 3.49. The Morgan fingerprint density at radius 3 is 2.39 bits per heavy atom. The van der Waals surface area contributed by atoms with Crippen LogP contribution in [-0.4, -0.2) is 15.6 Å². The molecule has 0 unspecified atom stereocenters. The lowest BCUT2D eigenvalue weighted by Gasteiger charge is -2.25. The fraction of sp³-hybridized carbons (Fsp3) is 0.120. The molecular formula is C25H24FN5. The average Bonchev–Trinajstić information content (AvgIpc) is 3.27. The first-order chi connectivity index (χ1) is 15.0. The van der Waals surface area contributed by atoms with Gasteiger partial charge in [0.2, 0.25) is 0 Å². The fourth-order valence-electron chi connectivity index (χ4n) is 3.49. The van der Waals surface area contributed by atoms with Crippen LogP contribution in [0.1, 0.15) is 23.7 Å². The number of aromatic nitrogens is 2. The molecule has 0 fully saturated rings. The van der Waals surface area contributed by atoms with Gasteiger partial charge in [-0.3, -0.25) is 5.41 Å². The van der Waals surface area contributed by atoms with Gasteiger partial charge in [-0.1, -0.05) is 25.1 Å². The van der Waals surface area contributed by atoms with Crippen LogP contribution in [-0.2, 0) is 13.0 Å². The second-order valence-corrected chi connectivity index (χ2v) is 7.26. The first-order valence-corrected chi connectivity index (χ1v) is 10.2. The van der Waals surface area contributed by atoms with Crippen LogP contribution in [0, 0.1) is 11.2 Å². The molecule has 1 aromatic heterocycles. The Balaban J connectivity index is 1.70. The number of nitrogens with two attached hydrogens (primary N) is 1. The SMILES string of the molecule is CCc1cc(N(Cc2ccn(-c3ccccc3)n2)c2ccc(C(=N)N)cc2)ccc1F. The molecule has 156 valence electrons. The predicted molar refractivity (Wildman–Crippen MR) is 123 cm³/mol. The molecule has 4 aromatic rings. The number of hydrogen-bond donors (Lipinski definition) is 2. The largest absolute Gasteiger partial charge is 0.384 e. The van der Waals surface area contributed by atoms with Crippen molar-refractivity contribution < 1.29 is 4.39 Å². The molecule has 0 bridgehead atoms. The molecule has 3 aromatic carbocycles. The van der Waals surface area contributed by atoms with Gasteiger partial charge in [0.25, 0.3) is 0 Å². The van der Waals surface area contributed by atoms with Gasteiger partial charge in [0, 0.05) is 23.1 Å². The van der Waals surface area contributed by atoms with Crippen LogP contribution in [0.4, 0.5) is 15.8 Å². The summed E-state index contributed by atoms with van der Waals surface area (Å²) in [5.74, 6) is -0.179. The molecular weight excluding hydrogens is 389 g/mol. The maximum Gasteiger partial charge on any atom is 0.126 e. The van der Waals surface area contributed by atoms with Crippen molar-refractivity contribution >= 4 is 17.2 Å². The first kappa shape index (κ1) is 20.3. The third-order valence-electron chi connectivity index (χ3n) is 5.20. The summed E-state index contributed by atoms with van der Waals surface area (Å²) < 4.78 is 16.0. The highest BCUT2D eigenvalue weighted by molar-refractivity contribution is 5.95. The lowest BCUT2D eigenvalue weighted by atomic mass is 10.1. The van der Waals surface area contributed by atoms with Crippen LogP contribution >= 0.6 is 0 Å². The van der Waals surface area contributed by atoms with E-state index in [2.05, 4.69) is 4.90 Å². The molecule has 0 radical (unpaired) electrons. The molecule has 0 aliphatic heterocycles. The molecule has 0 saturated heterocycles. The molecule has 1 heterocycles. The van der Waals surface area contributed by atoms with Crippen LogP contribution in [0.15, 0.2) is 85.1 Å². The summed E-state index contributed by atoms with van der Waals surface area (Å²) >= 11 is 0. The van der Waals surface area contributed by atoms with E-state index in [1.165, 1.54) is 6.07 Å². The van der Waals surface area contributed by atoms with Crippen molar-refractivity contribution in [2.75, 3.05) is 4.90 Å². The van der Waals surface area contributed by atoms with Gasteiger partial charge in [-0.15, -0.1) is 0 Å². The van der Waals surface area contributed by atoms with E-state index in [1.54, 1.807) is 6.07 Å². The molecule has 31 heavy (non-hydrogen) atoms. The average molecular weight is 414 g/mol. The van der Waals surface area contributed by atoms with Crippen LogP contribution in [0.25, 0.3) is 5.69 Å². The molecule has 0 saturated carbocycles. The van der Waals surface area contributed by atoms with Crippen LogP contribution in [0.3, 0.4) is 0 Å². The normalized spacial score (nSPS) is 10.8. The zero-order valence-electron chi connectivity index (χ0n) is 17.3. The molecule has 3 N–H and O–H groups in total. The van der Waals surface area contributed by atoms with Gasteiger partial charge in [0.1, 0.15) is 11.7 Å². The smallest absolute Gasteiger partial charge is 0.126 e. The number of para-hydroxylation sites is 1. The summed E-state index contributed by atoms with van der Waals surface area (Å²) in [7, 11) is 0. The van der Waals surface area contributed by atoms with Gasteiger partial charge in [0.15, 0.2) is 0 Å². The van der Waals surface area contributed by atoms with E-state index in [1.807, 2.05) is 84.5 Å². The Morgan fingerprint density at radius 1 is 1.00 bits per heavy atom. The van der Waals surface area contributed by atoms with Crippen molar-refractivity contribution in [1.82, 2.24) is 9.78 Å². The van der Waals surface area contributed by atoms with E-state index in [0.717, 1.165) is 22.8 Å². The highest BCUT2D eigenvalue weighted by Gasteiger charge is 2.15. The number of benzene rings is 3. The molecule has 5 nitrogen and oxygen atoms in total. The molecule has 0 aliphatic rings. The third-order valence-corrected chi connectivity index (χ3v) is 5.20. The summed E-state index contributed by atoms with van der Waals surface area (Å²) in [5, 5.41) is 12.4.